The zero-order valence-electron chi connectivity index (χ0n) is 11.1. The van der Waals surface area contributed by atoms with Gasteiger partial charge in [-0.15, -0.1) is 0 Å². The van der Waals surface area contributed by atoms with Crippen LogP contribution in [0.2, 0.25) is 0 Å². The number of ketones is 1. The molecular weight excluding hydrogens is 236 g/mol. The summed E-state index contributed by atoms with van der Waals surface area (Å²) in [5.74, 6) is -1.08. The highest BCUT2D eigenvalue weighted by Gasteiger charge is 2.18. The van der Waals surface area contributed by atoms with Gasteiger partial charge in [-0.05, 0) is 33.8 Å². The van der Waals surface area contributed by atoms with Crippen molar-refractivity contribution in [2.24, 2.45) is 0 Å². The lowest BCUT2D eigenvalue weighted by Gasteiger charge is -2.17. The molecule has 0 aliphatic heterocycles. The number of aliphatic hydroxyl groups is 3. The van der Waals surface area contributed by atoms with Gasteiger partial charge in [0.05, 0.1) is 11.7 Å². The van der Waals surface area contributed by atoms with Gasteiger partial charge in [-0.3, -0.25) is 4.79 Å². The molecular formula is C13H20O5. The van der Waals surface area contributed by atoms with Gasteiger partial charge in [-0.2, -0.15) is 0 Å². The van der Waals surface area contributed by atoms with Crippen molar-refractivity contribution in [2.45, 2.75) is 33.8 Å². The quantitative estimate of drug-likeness (QED) is 0.385. The van der Waals surface area contributed by atoms with Gasteiger partial charge in [0.25, 0.3) is 0 Å². The van der Waals surface area contributed by atoms with Crippen molar-refractivity contribution in [3.8, 4) is 0 Å². The molecule has 0 spiro atoms. The summed E-state index contributed by atoms with van der Waals surface area (Å²) in [6, 6.07) is 0. The first-order valence-electron chi connectivity index (χ1n) is 5.61. The van der Waals surface area contributed by atoms with Gasteiger partial charge in [0, 0.05) is 6.08 Å². The summed E-state index contributed by atoms with van der Waals surface area (Å²) in [7, 11) is 0. The summed E-state index contributed by atoms with van der Waals surface area (Å²) in [6.45, 7) is 5.82. The topological polar surface area (TPSA) is 87.0 Å². The molecule has 0 aromatic rings. The van der Waals surface area contributed by atoms with Crippen molar-refractivity contribution >= 4 is 5.78 Å². The van der Waals surface area contributed by atoms with E-state index in [0.717, 1.165) is 6.08 Å². The van der Waals surface area contributed by atoms with Crippen LogP contribution in [-0.2, 0) is 9.53 Å². The second kappa shape index (κ2) is 7.55. The molecule has 0 bridgehead atoms. The second-order valence-electron chi connectivity index (χ2n) is 3.94. The van der Waals surface area contributed by atoms with Crippen LogP contribution in [0.25, 0.3) is 0 Å². The summed E-state index contributed by atoms with van der Waals surface area (Å²) >= 11 is 0. The van der Waals surface area contributed by atoms with Gasteiger partial charge >= 0.3 is 0 Å². The third kappa shape index (κ3) is 5.05. The predicted octanol–water partition coefficient (Wildman–Crippen LogP) is 2.15. The Bertz CT molecular complexity index is 388. The molecule has 0 saturated carbocycles. The molecule has 0 aromatic heterocycles. The van der Waals surface area contributed by atoms with Crippen molar-refractivity contribution < 1.29 is 24.9 Å². The van der Waals surface area contributed by atoms with E-state index in [1.807, 2.05) is 0 Å². The zero-order valence-corrected chi connectivity index (χ0v) is 11.1. The van der Waals surface area contributed by atoms with Crippen molar-refractivity contribution in [2.75, 3.05) is 6.61 Å². The molecule has 0 heterocycles. The number of allylic oxidation sites excluding steroid dienone is 2. The van der Waals surface area contributed by atoms with E-state index in [0.29, 0.717) is 0 Å². The fraction of sp³-hybridized carbons (Fsp3) is 0.462. The molecule has 102 valence electrons. The Morgan fingerprint density at radius 2 is 1.89 bits per heavy atom. The van der Waals surface area contributed by atoms with Gasteiger partial charge in [-0.1, -0.05) is 0 Å². The number of hydrogen-bond donors (Lipinski definition) is 3. The fourth-order valence-electron chi connectivity index (χ4n) is 1.29. The Labute approximate surface area is 107 Å². The van der Waals surface area contributed by atoms with Gasteiger partial charge in [-0.25, -0.2) is 0 Å². The van der Waals surface area contributed by atoms with Crippen molar-refractivity contribution in [1.82, 2.24) is 0 Å². The standard InChI is InChI=1S/C13H20O5/c1-5-12(18-8(2)3)13(11(17)7-14)10(16)6-9(4)15/h5-6,8,14,16-17H,7H2,1-4H3/b10-6?,12-5+,13-11?. The van der Waals surface area contributed by atoms with E-state index in [-0.39, 0.29) is 23.2 Å². The van der Waals surface area contributed by atoms with Crippen LogP contribution >= 0.6 is 0 Å². The molecule has 0 radical (unpaired) electrons. The SMILES string of the molecule is C/C=C(/OC(C)C)C(C(O)=CC(C)=O)=C(O)CO. The van der Waals surface area contributed by atoms with E-state index in [4.69, 9.17) is 9.84 Å². The van der Waals surface area contributed by atoms with Crippen LogP contribution in [-0.4, -0.2) is 33.8 Å². The molecule has 0 aliphatic carbocycles. The third-order valence-corrected chi connectivity index (χ3v) is 1.91. The van der Waals surface area contributed by atoms with E-state index < -0.39 is 18.1 Å². The molecule has 5 nitrogen and oxygen atoms in total. The van der Waals surface area contributed by atoms with E-state index in [9.17, 15) is 15.0 Å². The minimum absolute atomic E-state index is 0.0797. The highest BCUT2D eigenvalue weighted by Crippen LogP contribution is 2.23. The van der Waals surface area contributed by atoms with Crippen LogP contribution in [0.15, 0.2) is 35.0 Å². The molecule has 0 aromatic carbocycles. The monoisotopic (exact) mass is 256 g/mol. The first kappa shape index (κ1) is 16.2. The molecule has 0 atom stereocenters. The summed E-state index contributed by atoms with van der Waals surface area (Å²) < 4.78 is 5.41. The average molecular weight is 256 g/mol. The van der Waals surface area contributed by atoms with E-state index >= 15 is 0 Å². The number of rotatable bonds is 6. The fourth-order valence-corrected chi connectivity index (χ4v) is 1.29. The number of ether oxygens (including phenoxy) is 1. The minimum Gasteiger partial charge on any atom is -0.509 e. The van der Waals surface area contributed by atoms with Crippen molar-refractivity contribution in [3.63, 3.8) is 0 Å². The van der Waals surface area contributed by atoms with Crippen LogP contribution in [0, 0.1) is 0 Å². The number of carbonyl (C=O) groups is 1. The summed E-state index contributed by atoms with van der Waals surface area (Å²) in [4.78, 5) is 10.9. The van der Waals surface area contributed by atoms with E-state index in [2.05, 4.69) is 0 Å². The molecule has 0 fully saturated rings. The van der Waals surface area contributed by atoms with Gasteiger partial charge in [0.15, 0.2) is 5.78 Å². The summed E-state index contributed by atoms with van der Waals surface area (Å²) in [6.07, 6.45) is 2.31. The highest BCUT2D eigenvalue weighted by atomic mass is 16.5. The maximum atomic E-state index is 10.9. The van der Waals surface area contributed by atoms with Crippen molar-refractivity contribution in [1.29, 1.82) is 0 Å². The Balaban J connectivity index is 5.59. The Hall–Kier alpha value is -1.75. The number of aliphatic hydroxyl groups excluding tert-OH is 3. The van der Waals surface area contributed by atoms with Crippen LogP contribution in [0.3, 0.4) is 0 Å². The predicted molar refractivity (Wildman–Crippen MR) is 68.1 cm³/mol. The third-order valence-electron chi connectivity index (χ3n) is 1.91. The largest absolute Gasteiger partial charge is 0.509 e. The lowest BCUT2D eigenvalue weighted by atomic mass is 10.1. The Morgan fingerprint density at radius 1 is 1.33 bits per heavy atom. The lowest BCUT2D eigenvalue weighted by Crippen LogP contribution is -2.10. The van der Waals surface area contributed by atoms with Crippen molar-refractivity contribution in [3.05, 3.63) is 35.0 Å². The van der Waals surface area contributed by atoms with E-state index in [1.165, 1.54) is 13.0 Å². The molecule has 0 amide bonds. The summed E-state index contributed by atoms with van der Waals surface area (Å²) in [5.41, 5.74) is -0.0797. The second-order valence-corrected chi connectivity index (χ2v) is 3.94. The molecule has 0 rings (SSSR count). The molecule has 0 aliphatic rings. The number of carbonyl (C=O) groups excluding carboxylic acids is 1. The van der Waals surface area contributed by atoms with Crippen LogP contribution in [0.4, 0.5) is 0 Å². The average Bonchev–Trinajstić information content (AvgIpc) is 2.26. The molecule has 3 N–H and O–H groups in total. The molecule has 0 unspecified atom stereocenters. The maximum absolute atomic E-state index is 10.9. The smallest absolute Gasteiger partial charge is 0.156 e. The van der Waals surface area contributed by atoms with Crippen LogP contribution in [0.5, 0.6) is 0 Å². The molecule has 5 heteroatoms. The van der Waals surface area contributed by atoms with Crippen LogP contribution < -0.4 is 0 Å². The van der Waals surface area contributed by atoms with Gasteiger partial charge in [0.2, 0.25) is 0 Å². The lowest BCUT2D eigenvalue weighted by molar-refractivity contribution is -0.112. The van der Waals surface area contributed by atoms with Gasteiger partial charge in [0.1, 0.15) is 23.9 Å². The first-order valence-corrected chi connectivity index (χ1v) is 5.61. The Kier molecular flexibility index (Phi) is 6.82. The highest BCUT2D eigenvalue weighted by molar-refractivity contribution is 5.88. The first-order chi connectivity index (χ1) is 8.33. The zero-order chi connectivity index (χ0) is 14.3. The maximum Gasteiger partial charge on any atom is 0.156 e. The summed E-state index contributed by atoms with van der Waals surface area (Å²) in [5, 5.41) is 28.4. The molecule has 18 heavy (non-hydrogen) atoms. The normalized spacial score (nSPS) is 14.6. The van der Waals surface area contributed by atoms with Crippen LogP contribution in [0.1, 0.15) is 27.7 Å². The number of hydrogen-bond acceptors (Lipinski definition) is 5. The van der Waals surface area contributed by atoms with Gasteiger partial charge < -0.3 is 20.1 Å². The minimum atomic E-state index is -0.663. The Morgan fingerprint density at radius 3 is 2.22 bits per heavy atom. The van der Waals surface area contributed by atoms with E-state index in [1.54, 1.807) is 20.8 Å². The molecule has 0 saturated heterocycles.